The topological polar surface area (TPSA) is 97.3 Å². The number of carbonyl (C=O) groups excluding carboxylic acids is 2. The largest absolute Gasteiger partial charge is 0.382 e. The fourth-order valence-electron chi connectivity index (χ4n) is 2.11. The lowest BCUT2D eigenvalue weighted by Crippen LogP contribution is -2.34. The predicted molar refractivity (Wildman–Crippen MR) is 89.4 cm³/mol. The molecule has 24 heavy (non-hydrogen) atoms. The van der Waals surface area contributed by atoms with E-state index in [0.717, 1.165) is 5.69 Å². The van der Waals surface area contributed by atoms with E-state index in [9.17, 15) is 9.59 Å². The van der Waals surface area contributed by atoms with Crippen molar-refractivity contribution in [2.75, 3.05) is 26.1 Å². The highest BCUT2D eigenvalue weighted by Gasteiger charge is 2.23. The van der Waals surface area contributed by atoms with Crippen LogP contribution in [0, 0.1) is 0 Å². The molecule has 0 spiro atoms. The summed E-state index contributed by atoms with van der Waals surface area (Å²) in [6.07, 6.45) is 1.84. The van der Waals surface area contributed by atoms with E-state index in [0.29, 0.717) is 11.7 Å². The molecular formula is C15H19N5O3S. The van der Waals surface area contributed by atoms with Gasteiger partial charge in [0.15, 0.2) is 0 Å². The zero-order valence-electron chi connectivity index (χ0n) is 13.5. The Morgan fingerprint density at radius 2 is 2.21 bits per heavy atom. The highest BCUT2D eigenvalue weighted by molar-refractivity contribution is 7.13. The summed E-state index contributed by atoms with van der Waals surface area (Å²) in [5.74, 6) is -0.426. The molecule has 0 aliphatic rings. The standard InChI is InChI=1S/C15H19N5O3S/c1-20(12(9-23-2)11-5-3-4-8-16-11)14(22)7-6-13(21)18-15-19-17-10-24-15/h3-5,8,10,12H,6-7,9H2,1-2H3,(H,18,19,21)/t12-/m0/s1. The lowest BCUT2D eigenvalue weighted by Gasteiger charge is -2.27. The van der Waals surface area contributed by atoms with E-state index < -0.39 is 0 Å². The normalized spacial score (nSPS) is 11.8. The predicted octanol–water partition coefficient (Wildman–Crippen LogP) is 1.50. The van der Waals surface area contributed by atoms with Gasteiger partial charge >= 0.3 is 0 Å². The second-order valence-corrected chi connectivity index (χ2v) is 5.86. The van der Waals surface area contributed by atoms with Gasteiger partial charge in [0.05, 0.1) is 18.3 Å². The second-order valence-electron chi connectivity index (χ2n) is 5.02. The number of nitrogens with zero attached hydrogens (tertiary/aromatic N) is 4. The van der Waals surface area contributed by atoms with Crippen LogP contribution < -0.4 is 5.32 Å². The van der Waals surface area contributed by atoms with Crippen LogP contribution in [0.1, 0.15) is 24.6 Å². The number of likely N-dealkylation sites (N-methyl/N-ethyl adjacent to an activating group) is 1. The minimum atomic E-state index is -0.296. The summed E-state index contributed by atoms with van der Waals surface area (Å²) in [6.45, 7) is 0.330. The molecule has 9 heteroatoms. The molecule has 0 aliphatic carbocycles. The van der Waals surface area contributed by atoms with Crippen molar-refractivity contribution < 1.29 is 14.3 Å². The van der Waals surface area contributed by atoms with Crippen LogP contribution >= 0.6 is 11.3 Å². The molecule has 0 bridgehead atoms. The monoisotopic (exact) mass is 349 g/mol. The smallest absolute Gasteiger partial charge is 0.226 e. The number of anilines is 1. The van der Waals surface area contributed by atoms with Crippen LogP contribution in [0.4, 0.5) is 5.13 Å². The quantitative estimate of drug-likeness (QED) is 0.775. The third-order valence-electron chi connectivity index (χ3n) is 3.39. The Kier molecular flexibility index (Phi) is 6.76. The van der Waals surface area contributed by atoms with Crippen LogP contribution in [0.5, 0.6) is 0 Å². The molecule has 128 valence electrons. The first-order chi connectivity index (χ1) is 11.6. The molecule has 0 saturated heterocycles. The molecule has 0 aromatic carbocycles. The highest BCUT2D eigenvalue weighted by atomic mass is 32.1. The first kappa shape index (κ1) is 18.0. The van der Waals surface area contributed by atoms with Crippen molar-refractivity contribution in [3.05, 3.63) is 35.6 Å². The number of nitrogens with one attached hydrogen (secondary N) is 1. The Morgan fingerprint density at radius 3 is 2.83 bits per heavy atom. The molecular weight excluding hydrogens is 330 g/mol. The van der Waals surface area contributed by atoms with Gasteiger partial charge in [0.25, 0.3) is 0 Å². The number of rotatable bonds is 8. The Morgan fingerprint density at radius 1 is 1.38 bits per heavy atom. The molecule has 2 rings (SSSR count). The SMILES string of the molecule is COC[C@@H](c1ccccn1)N(C)C(=O)CCC(=O)Nc1nncs1. The van der Waals surface area contributed by atoms with Crippen LogP contribution in [0.2, 0.25) is 0 Å². The zero-order chi connectivity index (χ0) is 17.4. The highest BCUT2D eigenvalue weighted by Crippen LogP contribution is 2.19. The second kappa shape index (κ2) is 9.04. The number of pyridine rings is 1. The van der Waals surface area contributed by atoms with Gasteiger partial charge in [-0.15, -0.1) is 10.2 Å². The molecule has 1 N–H and O–H groups in total. The third-order valence-corrected chi connectivity index (χ3v) is 3.99. The average Bonchev–Trinajstić information content (AvgIpc) is 3.10. The zero-order valence-corrected chi connectivity index (χ0v) is 14.3. The molecule has 2 aromatic rings. The van der Waals surface area contributed by atoms with E-state index in [1.165, 1.54) is 16.8 Å². The summed E-state index contributed by atoms with van der Waals surface area (Å²) in [7, 11) is 3.26. The van der Waals surface area contributed by atoms with Crippen LogP contribution in [0.15, 0.2) is 29.9 Å². The fraction of sp³-hybridized carbons (Fsp3) is 0.400. The Balaban J connectivity index is 1.90. The first-order valence-electron chi connectivity index (χ1n) is 7.33. The van der Waals surface area contributed by atoms with Crippen LogP contribution in [0.3, 0.4) is 0 Å². The van der Waals surface area contributed by atoms with E-state index in [4.69, 9.17) is 4.74 Å². The maximum atomic E-state index is 12.4. The third kappa shape index (κ3) is 5.07. The molecule has 0 radical (unpaired) electrons. The molecule has 2 amide bonds. The molecule has 2 heterocycles. The van der Waals surface area contributed by atoms with Crippen molar-refractivity contribution in [1.82, 2.24) is 20.1 Å². The Hall–Kier alpha value is -2.39. The average molecular weight is 349 g/mol. The summed E-state index contributed by atoms with van der Waals surface area (Å²) in [6, 6.07) is 5.22. The number of methoxy groups -OCH3 is 1. The van der Waals surface area contributed by atoms with Crippen molar-refractivity contribution in [2.24, 2.45) is 0 Å². The number of ether oxygens (including phenoxy) is 1. The van der Waals surface area contributed by atoms with Crippen LogP contribution in [-0.2, 0) is 14.3 Å². The van der Waals surface area contributed by atoms with Gasteiger partial charge in [-0.1, -0.05) is 17.4 Å². The van der Waals surface area contributed by atoms with Gasteiger partial charge in [-0.3, -0.25) is 14.6 Å². The van der Waals surface area contributed by atoms with Crippen molar-refractivity contribution in [3.8, 4) is 0 Å². The van der Waals surface area contributed by atoms with Crippen molar-refractivity contribution in [2.45, 2.75) is 18.9 Å². The minimum Gasteiger partial charge on any atom is -0.382 e. The van der Waals surface area contributed by atoms with Gasteiger partial charge in [0.2, 0.25) is 16.9 Å². The number of aromatic nitrogens is 3. The number of hydrogen-bond donors (Lipinski definition) is 1. The molecule has 0 aliphatic heterocycles. The van der Waals surface area contributed by atoms with E-state index in [1.807, 2.05) is 18.2 Å². The lowest BCUT2D eigenvalue weighted by molar-refractivity contribution is -0.134. The number of hydrogen-bond acceptors (Lipinski definition) is 7. The van der Waals surface area contributed by atoms with Crippen LogP contribution in [-0.4, -0.2) is 52.7 Å². The van der Waals surface area contributed by atoms with Crippen molar-refractivity contribution in [1.29, 1.82) is 0 Å². The van der Waals surface area contributed by atoms with E-state index in [2.05, 4.69) is 20.5 Å². The summed E-state index contributed by atoms with van der Waals surface area (Å²) in [5.41, 5.74) is 2.27. The maximum Gasteiger partial charge on any atom is 0.226 e. The molecule has 1 atom stereocenters. The van der Waals surface area contributed by atoms with E-state index in [-0.39, 0.29) is 30.7 Å². The van der Waals surface area contributed by atoms with Gasteiger partial charge in [0, 0.05) is 33.2 Å². The molecule has 0 unspecified atom stereocenters. The molecule has 0 fully saturated rings. The minimum absolute atomic E-state index is 0.0741. The Bertz CT molecular complexity index is 650. The first-order valence-corrected chi connectivity index (χ1v) is 8.21. The summed E-state index contributed by atoms with van der Waals surface area (Å²) >= 11 is 1.23. The van der Waals surface area contributed by atoms with E-state index in [1.54, 1.807) is 25.3 Å². The maximum absolute atomic E-state index is 12.4. The van der Waals surface area contributed by atoms with Gasteiger partial charge in [-0.25, -0.2) is 0 Å². The van der Waals surface area contributed by atoms with Gasteiger partial charge in [-0.05, 0) is 12.1 Å². The lowest BCUT2D eigenvalue weighted by atomic mass is 10.1. The fourth-order valence-corrected chi connectivity index (χ4v) is 2.57. The number of carbonyl (C=O) groups is 2. The van der Waals surface area contributed by atoms with E-state index >= 15 is 0 Å². The van der Waals surface area contributed by atoms with Gasteiger partial charge < -0.3 is 15.0 Å². The molecule has 0 saturated carbocycles. The molecule has 8 nitrogen and oxygen atoms in total. The summed E-state index contributed by atoms with van der Waals surface area (Å²) in [4.78, 5) is 30.0. The Labute approximate surface area is 143 Å². The van der Waals surface area contributed by atoms with Crippen LogP contribution in [0.25, 0.3) is 0 Å². The summed E-state index contributed by atoms with van der Waals surface area (Å²) in [5, 5.41) is 10.4. The van der Waals surface area contributed by atoms with Gasteiger partial charge in [0.1, 0.15) is 5.51 Å². The van der Waals surface area contributed by atoms with Crippen molar-refractivity contribution in [3.63, 3.8) is 0 Å². The summed E-state index contributed by atoms with van der Waals surface area (Å²) < 4.78 is 5.20. The van der Waals surface area contributed by atoms with Crippen molar-refractivity contribution >= 4 is 28.3 Å². The number of amides is 2. The van der Waals surface area contributed by atoms with Gasteiger partial charge in [-0.2, -0.15) is 0 Å². The molecule has 2 aromatic heterocycles.